The standard InChI is InChI=1S/C27H23NO5/c1-30-23-12-10-20(27(29)28-15-18-9-11-25-26(13-18)33-17-32-25)14-21(23)16-31-24-8-4-6-19-5-2-3-7-22(19)24/h2-14H,15-17H2,1H3,(H,28,29). The highest BCUT2D eigenvalue weighted by Crippen LogP contribution is 2.32. The lowest BCUT2D eigenvalue weighted by atomic mass is 10.1. The molecule has 0 spiro atoms. The van der Waals surface area contributed by atoms with Crippen molar-refractivity contribution in [3.8, 4) is 23.0 Å². The Morgan fingerprint density at radius 1 is 0.909 bits per heavy atom. The molecule has 0 atom stereocenters. The smallest absolute Gasteiger partial charge is 0.251 e. The third kappa shape index (κ3) is 4.41. The van der Waals surface area contributed by atoms with Crippen molar-refractivity contribution in [2.24, 2.45) is 0 Å². The number of benzene rings is 4. The van der Waals surface area contributed by atoms with E-state index in [4.69, 9.17) is 18.9 Å². The summed E-state index contributed by atoms with van der Waals surface area (Å²) in [5, 5.41) is 5.10. The van der Waals surface area contributed by atoms with Crippen molar-refractivity contribution in [2.75, 3.05) is 13.9 Å². The van der Waals surface area contributed by atoms with Gasteiger partial charge < -0.3 is 24.3 Å². The predicted octanol–water partition coefficient (Wildman–Crippen LogP) is 5.09. The van der Waals surface area contributed by atoms with Crippen LogP contribution in [0.3, 0.4) is 0 Å². The molecule has 1 aliphatic rings. The van der Waals surface area contributed by atoms with Crippen LogP contribution in [0.1, 0.15) is 21.5 Å². The highest BCUT2D eigenvalue weighted by Gasteiger charge is 2.15. The minimum absolute atomic E-state index is 0.179. The Hall–Kier alpha value is -4.19. The van der Waals surface area contributed by atoms with Crippen molar-refractivity contribution >= 4 is 16.7 Å². The predicted molar refractivity (Wildman–Crippen MR) is 125 cm³/mol. The largest absolute Gasteiger partial charge is 0.496 e. The van der Waals surface area contributed by atoms with E-state index in [1.165, 1.54) is 0 Å². The Bertz CT molecular complexity index is 1310. The van der Waals surface area contributed by atoms with Gasteiger partial charge in [0.1, 0.15) is 18.1 Å². The second-order valence-electron chi connectivity index (χ2n) is 7.66. The second kappa shape index (κ2) is 9.12. The van der Waals surface area contributed by atoms with E-state index in [2.05, 4.69) is 5.32 Å². The molecule has 166 valence electrons. The average molecular weight is 441 g/mol. The van der Waals surface area contributed by atoms with Crippen LogP contribution < -0.4 is 24.3 Å². The van der Waals surface area contributed by atoms with E-state index < -0.39 is 0 Å². The third-order valence-corrected chi connectivity index (χ3v) is 5.57. The highest BCUT2D eigenvalue weighted by molar-refractivity contribution is 5.94. The summed E-state index contributed by atoms with van der Waals surface area (Å²) in [6, 6.07) is 25.0. The van der Waals surface area contributed by atoms with Crippen LogP contribution in [0.2, 0.25) is 0 Å². The first kappa shape index (κ1) is 20.7. The first-order chi connectivity index (χ1) is 16.2. The number of hydrogen-bond donors (Lipinski definition) is 1. The molecule has 4 aromatic carbocycles. The quantitative estimate of drug-likeness (QED) is 0.433. The molecular weight excluding hydrogens is 418 g/mol. The van der Waals surface area contributed by atoms with E-state index in [0.29, 0.717) is 23.6 Å². The molecule has 0 radical (unpaired) electrons. The maximum Gasteiger partial charge on any atom is 0.251 e. The van der Waals surface area contributed by atoms with Crippen molar-refractivity contribution in [2.45, 2.75) is 13.2 Å². The molecule has 1 amide bonds. The van der Waals surface area contributed by atoms with Crippen molar-refractivity contribution in [3.05, 3.63) is 95.6 Å². The molecule has 1 aliphatic heterocycles. The molecule has 0 saturated carbocycles. The van der Waals surface area contributed by atoms with Crippen LogP contribution >= 0.6 is 0 Å². The van der Waals surface area contributed by atoms with Gasteiger partial charge in [0.2, 0.25) is 6.79 Å². The SMILES string of the molecule is COc1ccc(C(=O)NCc2ccc3c(c2)OCO3)cc1COc1cccc2ccccc12. The maximum atomic E-state index is 12.8. The molecule has 0 aliphatic carbocycles. The van der Waals surface area contributed by atoms with Gasteiger partial charge in [0, 0.05) is 23.1 Å². The molecule has 0 fully saturated rings. The zero-order chi connectivity index (χ0) is 22.6. The summed E-state index contributed by atoms with van der Waals surface area (Å²) in [5.41, 5.74) is 2.26. The minimum atomic E-state index is -0.179. The van der Waals surface area contributed by atoms with Gasteiger partial charge in [0.15, 0.2) is 11.5 Å². The maximum absolute atomic E-state index is 12.8. The Labute approximate surface area is 191 Å². The molecule has 0 unspecified atom stereocenters. The number of ether oxygens (including phenoxy) is 4. The number of rotatable bonds is 7. The zero-order valence-electron chi connectivity index (χ0n) is 18.2. The molecule has 1 N–H and O–H groups in total. The average Bonchev–Trinajstić information content (AvgIpc) is 3.34. The van der Waals surface area contributed by atoms with Gasteiger partial charge in [0.25, 0.3) is 5.91 Å². The van der Waals surface area contributed by atoms with E-state index in [-0.39, 0.29) is 19.3 Å². The summed E-state index contributed by atoms with van der Waals surface area (Å²) in [7, 11) is 1.61. The Morgan fingerprint density at radius 2 is 1.76 bits per heavy atom. The summed E-state index contributed by atoms with van der Waals surface area (Å²) in [6.45, 7) is 0.879. The first-order valence-corrected chi connectivity index (χ1v) is 10.7. The van der Waals surface area contributed by atoms with Crippen LogP contribution in [-0.2, 0) is 13.2 Å². The summed E-state index contributed by atoms with van der Waals surface area (Å²) in [5.74, 6) is 2.69. The lowest BCUT2D eigenvalue weighted by molar-refractivity contribution is 0.0950. The van der Waals surface area contributed by atoms with Crippen LogP contribution in [0.5, 0.6) is 23.0 Å². The van der Waals surface area contributed by atoms with Crippen molar-refractivity contribution < 1.29 is 23.7 Å². The molecule has 1 heterocycles. The normalized spacial score (nSPS) is 11.9. The van der Waals surface area contributed by atoms with E-state index in [1.54, 1.807) is 25.3 Å². The van der Waals surface area contributed by atoms with E-state index in [0.717, 1.165) is 33.4 Å². The van der Waals surface area contributed by atoms with Crippen molar-refractivity contribution in [3.63, 3.8) is 0 Å². The fourth-order valence-electron chi connectivity index (χ4n) is 3.84. The van der Waals surface area contributed by atoms with Gasteiger partial charge >= 0.3 is 0 Å². The molecule has 4 aromatic rings. The van der Waals surface area contributed by atoms with Gasteiger partial charge in [-0.2, -0.15) is 0 Å². The molecule has 33 heavy (non-hydrogen) atoms. The molecule has 0 saturated heterocycles. The fraction of sp³-hybridized carbons (Fsp3) is 0.148. The van der Waals surface area contributed by atoms with Gasteiger partial charge in [-0.15, -0.1) is 0 Å². The number of carbonyl (C=O) groups excluding carboxylic acids is 1. The van der Waals surface area contributed by atoms with Crippen molar-refractivity contribution in [1.82, 2.24) is 5.32 Å². The monoisotopic (exact) mass is 441 g/mol. The van der Waals surface area contributed by atoms with Crippen LogP contribution in [0.25, 0.3) is 10.8 Å². The van der Waals surface area contributed by atoms with Gasteiger partial charge in [-0.05, 0) is 47.3 Å². The number of carbonyl (C=O) groups is 1. The second-order valence-corrected chi connectivity index (χ2v) is 7.66. The molecule has 0 bridgehead atoms. The fourth-order valence-corrected chi connectivity index (χ4v) is 3.84. The summed E-state index contributed by atoms with van der Waals surface area (Å²) < 4.78 is 22.3. The topological polar surface area (TPSA) is 66.0 Å². The van der Waals surface area contributed by atoms with Crippen LogP contribution in [0.15, 0.2) is 78.9 Å². The van der Waals surface area contributed by atoms with E-state index in [9.17, 15) is 4.79 Å². The lowest BCUT2D eigenvalue weighted by Gasteiger charge is -2.14. The van der Waals surface area contributed by atoms with Gasteiger partial charge in [-0.1, -0.05) is 42.5 Å². The first-order valence-electron chi connectivity index (χ1n) is 10.7. The number of amides is 1. The number of nitrogens with one attached hydrogen (secondary N) is 1. The van der Waals surface area contributed by atoms with Crippen molar-refractivity contribution in [1.29, 1.82) is 0 Å². The molecule has 6 nitrogen and oxygen atoms in total. The number of hydrogen-bond acceptors (Lipinski definition) is 5. The summed E-state index contributed by atoms with van der Waals surface area (Å²) in [6.07, 6.45) is 0. The third-order valence-electron chi connectivity index (χ3n) is 5.57. The van der Waals surface area contributed by atoms with Crippen LogP contribution in [0.4, 0.5) is 0 Å². The lowest BCUT2D eigenvalue weighted by Crippen LogP contribution is -2.23. The van der Waals surface area contributed by atoms with Gasteiger partial charge in [-0.3, -0.25) is 4.79 Å². The molecule has 6 heteroatoms. The number of fused-ring (bicyclic) bond motifs is 2. The van der Waals surface area contributed by atoms with Gasteiger partial charge in [0.05, 0.1) is 7.11 Å². The molecule has 0 aromatic heterocycles. The van der Waals surface area contributed by atoms with Gasteiger partial charge in [-0.25, -0.2) is 0 Å². The summed E-state index contributed by atoms with van der Waals surface area (Å²) >= 11 is 0. The van der Waals surface area contributed by atoms with Crippen LogP contribution in [-0.4, -0.2) is 19.8 Å². The molecular formula is C27H23NO5. The summed E-state index contributed by atoms with van der Waals surface area (Å²) in [4.78, 5) is 12.8. The van der Waals surface area contributed by atoms with E-state index >= 15 is 0 Å². The van der Waals surface area contributed by atoms with Crippen LogP contribution in [0, 0.1) is 0 Å². The minimum Gasteiger partial charge on any atom is -0.496 e. The Kier molecular flexibility index (Phi) is 5.72. The Morgan fingerprint density at radius 3 is 2.67 bits per heavy atom. The Balaban J connectivity index is 1.29. The van der Waals surface area contributed by atoms with E-state index in [1.807, 2.05) is 60.7 Å². The number of methoxy groups -OCH3 is 1. The zero-order valence-corrected chi connectivity index (χ0v) is 18.2. The molecule has 5 rings (SSSR count). The highest BCUT2D eigenvalue weighted by atomic mass is 16.7.